The van der Waals surface area contributed by atoms with Gasteiger partial charge in [0.25, 0.3) is 0 Å². The third kappa shape index (κ3) is 1.48. The molecule has 1 aliphatic rings. The number of aliphatic hydroxyl groups is 3. The zero-order chi connectivity index (χ0) is 9.30. The van der Waals surface area contributed by atoms with Crippen molar-refractivity contribution < 1.29 is 29.7 Å². The lowest BCUT2D eigenvalue weighted by Gasteiger charge is -2.10. The molecule has 7 heteroatoms. The van der Waals surface area contributed by atoms with Gasteiger partial charge in [-0.3, -0.25) is 0 Å². The quantitative estimate of drug-likeness (QED) is 0.410. The Morgan fingerprint density at radius 2 is 2.25 bits per heavy atom. The van der Waals surface area contributed by atoms with E-state index in [4.69, 9.17) is 20.2 Å². The molecule has 0 bridgehead atoms. The first-order valence-electron chi connectivity index (χ1n) is 3.12. The van der Waals surface area contributed by atoms with Gasteiger partial charge in [-0.05, 0) is 0 Å². The highest BCUT2D eigenvalue weighted by Crippen LogP contribution is 2.32. The number of cyclic esters (lactones) is 1. The van der Waals surface area contributed by atoms with Crippen molar-refractivity contribution in [1.29, 1.82) is 0 Å². The Bertz CT molecular complexity index is 236. The lowest BCUT2D eigenvalue weighted by Crippen LogP contribution is -2.35. The molecule has 1 aliphatic heterocycles. The second kappa shape index (κ2) is 3.47. The molecule has 0 saturated carbocycles. The summed E-state index contributed by atoms with van der Waals surface area (Å²) in [6.45, 7) is -0.648. The normalized spacial score (nSPS) is 29.0. The standard InChI is InChI=1S/C5H7O6P/c6-1-2(7)3-4(8)12(10)5(9)11-3/h2-3,6-7H,1H2,(H-,8,9,10)/p+1/t2-,3+/m0/s1. The maximum absolute atomic E-state index is 10.6. The predicted molar refractivity (Wildman–Crippen MR) is 39.4 cm³/mol. The average molecular weight is 195 g/mol. The van der Waals surface area contributed by atoms with E-state index in [2.05, 4.69) is 4.74 Å². The number of hydrogen-bond acceptors (Lipinski definition) is 5. The Morgan fingerprint density at radius 3 is 2.58 bits per heavy atom. The predicted octanol–water partition coefficient (Wildman–Crippen LogP) is -1.25. The average Bonchev–Trinajstić information content (AvgIpc) is 2.32. The Kier molecular flexibility index (Phi) is 2.76. The molecular formula is C5H8O6P+. The summed E-state index contributed by atoms with van der Waals surface area (Å²) in [7, 11) is -2.32. The van der Waals surface area contributed by atoms with Gasteiger partial charge in [-0.1, -0.05) is 0 Å². The zero-order valence-corrected chi connectivity index (χ0v) is 6.81. The van der Waals surface area contributed by atoms with Gasteiger partial charge in [-0.2, -0.15) is 9.69 Å². The minimum atomic E-state index is -2.32. The molecule has 0 radical (unpaired) electrons. The number of aliphatic hydroxyl groups excluding tert-OH is 3. The van der Waals surface area contributed by atoms with Crippen LogP contribution < -0.4 is 0 Å². The summed E-state index contributed by atoms with van der Waals surface area (Å²) in [4.78, 5) is 19.5. The van der Waals surface area contributed by atoms with E-state index in [-0.39, 0.29) is 0 Å². The van der Waals surface area contributed by atoms with Crippen LogP contribution in [0.25, 0.3) is 0 Å². The maximum Gasteiger partial charge on any atom is 0.548 e. The molecule has 0 fully saturated rings. The van der Waals surface area contributed by atoms with Crippen molar-refractivity contribution >= 4 is 19.0 Å². The van der Waals surface area contributed by atoms with E-state index in [9.17, 15) is 4.79 Å². The molecule has 0 aromatic carbocycles. The molecule has 1 unspecified atom stereocenters. The Hall–Kier alpha value is -0.520. The van der Waals surface area contributed by atoms with Gasteiger partial charge in [-0.15, -0.1) is 0 Å². The number of carbonyl (C=O) groups excluding carboxylic acids is 1. The van der Waals surface area contributed by atoms with Crippen LogP contribution in [0, 0.1) is 0 Å². The number of rotatable bonds is 2. The van der Waals surface area contributed by atoms with E-state index < -0.39 is 37.8 Å². The fourth-order valence-electron chi connectivity index (χ4n) is 0.772. The van der Waals surface area contributed by atoms with E-state index in [0.717, 1.165) is 0 Å². The summed E-state index contributed by atoms with van der Waals surface area (Å²) in [5.41, 5.74) is -1.56. The summed E-state index contributed by atoms with van der Waals surface area (Å²) < 4.78 is 4.38. The molecule has 1 rings (SSSR count). The third-order valence-corrected chi connectivity index (χ3v) is 2.55. The van der Waals surface area contributed by atoms with Crippen molar-refractivity contribution in [2.24, 2.45) is 0 Å². The summed E-state index contributed by atoms with van der Waals surface area (Å²) in [5.74, 6) is 0. The number of hydrogen-bond donors (Lipinski definition) is 4. The minimum Gasteiger partial charge on any atom is -0.410 e. The molecule has 0 amide bonds. The Labute approximate surface area is 68.5 Å². The van der Waals surface area contributed by atoms with Crippen LogP contribution in [-0.4, -0.2) is 50.2 Å². The zero-order valence-electron chi connectivity index (χ0n) is 5.91. The van der Waals surface area contributed by atoms with Gasteiger partial charge >= 0.3 is 19.0 Å². The number of carbonyl (C=O) groups is 1. The highest BCUT2D eigenvalue weighted by molar-refractivity contribution is 7.70. The van der Waals surface area contributed by atoms with Gasteiger partial charge in [-0.25, -0.2) is 0 Å². The summed E-state index contributed by atoms with van der Waals surface area (Å²) in [6, 6.07) is 0. The van der Waals surface area contributed by atoms with Gasteiger partial charge < -0.3 is 20.1 Å². The lowest BCUT2D eigenvalue weighted by atomic mass is 10.2. The van der Waals surface area contributed by atoms with Crippen LogP contribution in [0.4, 0.5) is 4.79 Å². The summed E-state index contributed by atoms with van der Waals surface area (Å²) in [6.07, 6.45) is -2.67. The molecule has 68 valence electrons. The van der Waals surface area contributed by atoms with Crippen LogP contribution in [0.3, 0.4) is 0 Å². The van der Waals surface area contributed by atoms with Gasteiger partial charge in [0.2, 0.25) is 6.10 Å². The van der Waals surface area contributed by atoms with Crippen LogP contribution in [0.2, 0.25) is 0 Å². The molecule has 6 nitrogen and oxygen atoms in total. The highest BCUT2D eigenvalue weighted by Gasteiger charge is 2.48. The second-order valence-corrected chi connectivity index (χ2v) is 3.67. The van der Waals surface area contributed by atoms with E-state index in [1.54, 1.807) is 0 Å². The van der Waals surface area contributed by atoms with Crippen LogP contribution in [-0.2, 0) is 4.74 Å². The molecule has 0 aromatic heterocycles. The molecule has 0 aliphatic carbocycles. The van der Waals surface area contributed by atoms with Crippen molar-refractivity contribution in [3.63, 3.8) is 0 Å². The molecule has 1 heterocycles. The summed E-state index contributed by atoms with van der Waals surface area (Å²) in [5, 5.41) is 26.4. The SMILES string of the molecule is O=C1O[C@H]([C@@H](O)CO)C(O)=[P+]1O. The maximum atomic E-state index is 10.6. The van der Waals surface area contributed by atoms with Gasteiger partial charge in [0.1, 0.15) is 6.10 Å². The van der Waals surface area contributed by atoms with Crippen LogP contribution in [0.15, 0.2) is 0 Å². The van der Waals surface area contributed by atoms with Gasteiger partial charge in [0.15, 0.2) is 0 Å². The third-order valence-electron chi connectivity index (χ3n) is 1.41. The van der Waals surface area contributed by atoms with E-state index in [1.165, 1.54) is 0 Å². The lowest BCUT2D eigenvalue weighted by molar-refractivity contribution is 0.0111. The van der Waals surface area contributed by atoms with E-state index >= 15 is 0 Å². The molecule has 12 heavy (non-hydrogen) atoms. The molecule has 3 atom stereocenters. The Morgan fingerprint density at radius 1 is 1.67 bits per heavy atom. The fourth-order valence-corrected chi connectivity index (χ4v) is 1.64. The molecular weight excluding hydrogens is 187 g/mol. The van der Waals surface area contributed by atoms with Crippen molar-refractivity contribution in [3.05, 3.63) is 0 Å². The molecule has 0 aromatic rings. The van der Waals surface area contributed by atoms with Crippen molar-refractivity contribution in [2.45, 2.75) is 12.2 Å². The smallest absolute Gasteiger partial charge is 0.410 e. The van der Waals surface area contributed by atoms with Gasteiger partial charge in [0, 0.05) is 0 Å². The van der Waals surface area contributed by atoms with Crippen molar-refractivity contribution in [2.75, 3.05) is 6.61 Å². The van der Waals surface area contributed by atoms with Crippen LogP contribution >= 0.6 is 7.77 Å². The van der Waals surface area contributed by atoms with E-state index in [0.29, 0.717) is 0 Å². The first kappa shape index (κ1) is 9.57. The second-order valence-electron chi connectivity index (χ2n) is 2.22. The fraction of sp³-hybridized carbons (Fsp3) is 0.600. The molecule has 0 saturated heterocycles. The number of ether oxygens (including phenoxy) is 1. The van der Waals surface area contributed by atoms with Crippen molar-refractivity contribution in [1.82, 2.24) is 0 Å². The monoisotopic (exact) mass is 195 g/mol. The first-order valence-corrected chi connectivity index (χ1v) is 4.41. The topological polar surface area (TPSA) is 107 Å². The summed E-state index contributed by atoms with van der Waals surface area (Å²) >= 11 is 0. The van der Waals surface area contributed by atoms with Crippen molar-refractivity contribution in [3.8, 4) is 0 Å². The van der Waals surface area contributed by atoms with Gasteiger partial charge in [0.05, 0.1) is 6.61 Å². The molecule has 0 spiro atoms. The van der Waals surface area contributed by atoms with Crippen LogP contribution in [0.5, 0.6) is 0 Å². The largest absolute Gasteiger partial charge is 0.548 e. The minimum absolute atomic E-state index is 0.600. The Balaban J connectivity index is 2.80. The van der Waals surface area contributed by atoms with Crippen LogP contribution in [0.1, 0.15) is 0 Å². The first-order chi connectivity index (χ1) is 5.57. The highest BCUT2D eigenvalue weighted by atomic mass is 31.1. The van der Waals surface area contributed by atoms with E-state index in [1.807, 2.05) is 0 Å². The molecule has 4 N–H and O–H groups in total.